The van der Waals surface area contributed by atoms with Gasteiger partial charge in [-0.25, -0.2) is 0 Å². The Hall–Kier alpha value is -3.01. The van der Waals surface area contributed by atoms with Gasteiger partial charge in [0.25, 0.3) is 0 Å². The summed E-state index contributed by atoms with van der Waals surface area (Å²) in [5.74, 6) is 2.81. The predicted octanol–water partition coefficient (Wildman–Crippen LogP) is 3.27. The minimum absolute atomic E-state index is 0.447. The van der Waals surface area contributed by atoms with Crippen molar-refractivity contribution in [1.29, 1.82) is 0 Å². The molecule has 0 amide bonds. The van der Waals surface area contributed by atoms with E-state index < -0.39 is 0 Å². The zero-order valence-electron chi connectivity index (χ0n) is 15.7. The van der Waals surface area contributed by atoms with Crippen molar-refractivity contribution in [1.82, 2.24) is 34.8 Å². The van der Waals surface area contributed by atoms with E-state index >= 15 is 0 Å². The molecule has 148 valence electrons. The molecule has 1 saturated heterocycles. The minimum atomic E-state index is 0.447. The lowest BCUT2D eigenvalue weighted by Crippen LogP contribution is -2.31. The topological polar surface area (TPSA) is 99.9 Å². The summed E-state index contributed by atoms with van der Waals surface area (Å²) in [6, 6.07) is 9.93. The van der Waals surface area contributed by atoms with Gasteiger partial charge in [-0.15, -0.1) is 10.2 Å². The maximum atomic E-state index is 4.74. The number of hydrogen-bond acceptors (Lipinski definition) is 7. The highest BCUT2D eigenvalue weighted by atomic mass is 79.9. The van der Waals surface area contributed by atoms with Crippen molar-refractivity contribution in [3.63, 3.8) is 0 Å². The first-order valence-electron chi connectivity index (χ1n) is 9.65. The molecule has 3 aromatic heterocycles. The molecule has 1 aromatic carbocycles. The van der Waals surface area contributed by atoms with Gasteiger partial charge in [-0.1, -0.05) is 30.3 Å². The molecule has 1 aliphatic rings. The van der Waals surface area contributed by atoms with Gasteiger partial charge in [-0.3, -0.25) is 0 Å². The Labute approximate surface area is 175 Å². The van der Waals surface area contributed by atoms with Gasteiger partial charge in [-0.05, 0) is 35.2 Å². The normalized spacial score (nSPS) is 14.4. The summed E-state index contributed by atoms with van der Waals surface area (Å²) in [6.07, 6.45) is 5.32. The van der Waals surface area contributed by atoms with Crippen molar-refractivity contribution in [2.24, 2.45) is 0 Å². The van der Waals surface area contributed by atoms with Crippen LogP contribution in [0.4, 0.5) is 11.9 Å². The van der Waals surface area contributed by atoms with Crippen LogP contribution in [0.15, 0.2) is 41.0 Å². The second-order valence-electron chi connectivity index (χ2n) is 6.96. The van der Waals surface area contributed by atoms with Gasteiger partial charge in [0.15, 0.2) is 11.5 Å². The molecule has 0 unspecified atom stereocenters. The fourth-order valence-corrected chi connectivity index (χ4v) is 3.80. The summed E-state index contributed by atoms with van der Waals surface area (Å²) < 4.78 is 2.54. The maximum absolute atomic E-state index is 4.74. The largest absolute Gasteiger partial charge is 0.347 e. The quantitative estimate of drug-likeness (QED) is 0.478. The summed E-state index contributed by atoms with van der Waals surface area (Å²) in [5, 5.41) is 16.2. The van der Waals surface area contributed by atoms with E-state index in [4.69, 9.17) is 9.97 Å². The number of fused-ring (bicyclic) bond motifs is 1. The van der Waals surface area contributed by atoms with Gasteiger partial charge in [0.1, 0.15) is 5.82 Å². The highest BCUT2D eigenvalue weighted by Crippen LogP contribution is 2.23. The van der Waals surface area contributed by atoms with Crippen LogP contribution >= 0.6 is 15.9 Å². The first-order valence-corrected chi connectivity index (χ1v) is 10.4. The lowest BCUT2D eigenvalue weighted by Gasteiger charge is -2.26. The molecule has 4 heterocycles. The molecule has 9 nitrogen and oxygen atoms in total. The highest BCUT2D eigenvalue weighted by molar-refractivity contribution is 9.10. The van der Waals surface area contributed by atoms with E-state index in [0.29, 0.717) is 12.5 Å². The summed E-state index contributed by atoms with van der Waals surface area (Å²) in [6.45, 7) is 2.40. The van der Waals surface area contributed by atoms with E-state index in [1.54, 1.807) is 10.7 Å². The van der Waals surface area contributed by atoms with E-state index in [1.807, 2.05) is 30.3 Å². The number of halogens is 1. The average Bonchev–Trinajstić information content (AvgIpc) is 3.40. The molecule has 0 radical (unpaired) electrons. The van der Waals surface area contributed by atoms with E-state index in [9.17, 15) is 0 Å². The summed E-state index contributed by atoms with van der Waals surface area (Å²) in [4.78, 5) is 14.9. The lowest BCUT2D eigenvalue weighted by molar-refractivity contribution is 0.567. The third-order valence-corrected chi connectivity index (χ3v) is 5.51. The Bertz CT molecular complexity index is 1120. The Morgan fingerprint density at radius 1 is 1.03 bits per heavy atom. The maximum Gasteiger partial charge on any atom is 0.230 e. The lowest BCUT2D eigenvalue weighted by atomic mass is 10.1. The van der Waals surface area contributed by atoms with E-state index in [0.717, 1.165) is 59.2 Å². The third kappa shape index (κ3) is 3.67. The number of benzene rings is 1. The summed E-state index contributed by atoms with van der Waals surface area (Å²) in [5.41, 5.74) is 1.74. The van der Waals surface area contributed by atoms with Gasteiger partial charge in [0.2, 0.25) is 11.9 Å². The van der Waals surface area contributed by atoms with E-state index in [2.05, 4.69) is 46.4 Å². The van der Waals surface area contributed by atoms with Crippen molar-refractivity contribution < 1.29 is 0 Å². The third-order valence-electron chi connectivity index (χ3n) is 4.95. The number of aromatic amines is 1. The Kier molecular flexibility index (Phi) is 4.84. The molecular formula is C19H20BrN9. The van der Waals surface area contributed by atoms with Crippen molar-refractivity contribution in [3.05, 3.63) is 46.8 Å². The van der Waals surface area contributed by atoms with Crippen LogP contribution in [0.25, 0.3) is 17.0 Å². The number of nitrogens with zero attached hydrogens (tertiary/aromatic N) is 7. The number of piperidine rings is 1. The van der Waals surface area contributed by atoms with Gasteiger partial charge < -0.3 is 15.2 Å². The van der Waals surface area contributed by atoms with E-state index in [-0.39, 0.29) is 0 Å². The SMILES string of the molecule is Brc1cnn2c(NCc3nnc(-c4ccccc4)[nH]3)nc(N3CCCCC3)nc12. The molecule has 0 bridgehead atoms. The predicted molar refractivity (Wildman–Crippen MR) is 114 cm³/mol. The van der Waals surface area contributed by atoms with Crippen LogP contribution in [0.5, 0.6) is 0 Å². The first kappa shape index (κ1) is 18.0. The number of hydrogen-bond donors (Lipinski definition) is 2. The molecule has 0 saturated carbocycles. The van der Waals surface area contributed by atoms with Crippen LogP contribution in [0.1, 0.15) is 25.1 Å². The van der Waals surface area contributed by atoms with Crippen molar-refractivity contribution in [2.45, 2.75) is 25.8 Å². The molecule has 2 N–H and O–H groups in total. The second-order valence-corrected chi connectivity index (χ2v) is 7.82. The minimum Gasteiger partial charge on any atom is -0.347 e. The fraction of sp³-hybridized carbons (Fsp3) is 0.316. The summed E-state index contributed by atoms with van der Waals surface area (Å²) in [7, 11) is 0. The van der Waals surface area contributed by atoms with Crippen LogP contribution in [-0.2, 0) is 6.54 Å². The highest BCUT2D eigenvalue weighted by Gasteiger charge is 2.18. The first-order chi connectivity index (χ1) is 14.3. The van der Waals surface area contributed by atoms with Gasteiger partial charge in [0.05, 0.1) is 17.2 Å². The molecule has 1 aliphatic heterocycles. The average molecular weight is 454 g/mol. The number of aromatic nitrogens is 7. The Morgan fingerprint density at radius 3 is 2.69 bits per heavy atom. The number of nitrogens with one attached hydrogen (secondary N) is 2. The monoisotopic (exact) mass is 453 g/mol. The zero-order chi connectivity index (χ0) is 19.6. The standard InChI is InChI=1S/C19H20BrN9/c20-14-11-22-29-17(14)24-19(28-9-5-2-6-10-28)25-18(29)21-12-15-23-16(27-26-15)13-7-3-1-4-8-13/h1,3-4,7-8,11H,2,5-6,9-10,12H2,(H,21,24,25)(H,23,26,27). The van der Waals surface area contributed by atoms with Crippen molar-refractivity contribution in [3.8, 4) is 11.4 Å². The molecule has 29 heavy (non-hydrogen) atoms. The molecule has 0 atom stereocenters. The van der Waals surface area contributed by atoms with Gasteiger partial charge in [0, 0.05) is 18.7 Å². The van der Waals surface area contributed by atoms with Crippen molar-refractivity contribution in [2.75, 3.05) is 23.3 Å². The van der Waals surface area contributed by atoms with Crippen LogP contribution in [0.3, 0.4) is 0 Å². The Balaban J connectivity index is 1.40. The molecule has 0 aliphatic carbocycles. The van der Waals surface area contributed by atoms with Crippen LogP contribution in [0, 0.1) is 0 Å². The smallest absolute Gasteiger partial charge is 0.230 e. The molecule has 5 rings (SSSR count). The fourth-order valence-electron chi connectivity index (χ4n) is 3.45. The van der Waals surface area contributed by atoms with Gasteiger partial charge in [-0.2, -0.15) is 19.6 Å². The number of rotatable bonds is 5. The number of anilines is 2. The molecule has 4 aromatic rings. The molecule has 0 spiro atoms. The molecule has 1 fully saturated rings. The zero-order valence-corrected chi connectivity index (χ0v) is 17.3. The second kappa shape index (κ2) is 7.78. The molecule has 10 heteroatoms. The van der Waals surface area contributed by atoms with Gasteiger partial charge >= 0.3 is 0 Å². The number of H-pyrrole nitrogens is 1. The van der Waals surface area contributed by atoms with Crippen molar-refractivity contribution >= 4 is 33.5 Å². The van der Waals surface area contributed by atoms with E-state index in [1.165, 1.54) is 6.42 Å². The van der Waals surface area contributed by atoms with Crippen LogP contribution in [-0.4, -0.2) is 47.9 Å². The summed E-state index contributed by atoms with van der Waals surface area (Å²) >= 11 is 3.54. The van der Waals surface area contributed by atoms with Crippen LogP contribution < -0.4 is 10.2 Å². The molecular weight excluding hydrogens is 434 g/mol. The Morgan fingerprint density at radius 2 is 1.86 bits per heavy atom. The van der Waals surface area contributed by atoms with Crippen LogP contribution in [0.2, 0.25) is 0 Å².